The van der Waals surface area contributed by atoms with Crippen molar-refractivity contribution < 1.29 is 24.5 Å². The molecule has 2 N–H and O–H groups in total. The topological polar surface area (TPSA) is 87.1 Å². The van der Waals surface area contributed by atoms with Crippen LogP contribution in [0, 0.1) is 0 Å². The van der Waals surface area contributed by atoms with Crippen molar-refractivity contribution in [3.63, 3.8) is 0 Å². The number of hydrogen-bond donors (Lipinski definition) is 2. The molecule has 0 aromatic heterocycles. The quantitative estimate of drug-likeness (QED) is 0.505. The van der Waals surface area contributed by atoms with E-state index in [-0.39, 0.29) is 41.5 Å². The molecule has 2 fully saturated rings. The van der Waals surface area contributed by atoms with E-state index in [0.717, 1.165) is 32.1 Å². The highest BCUT2D eigenvalue weighted by Gasteiger charge is 2.38. The molecule has 3 rings (SSSR count). The molecular formula is C18H21NO5. The number of imide groups is 1. The Kier molecular flexibility index (Phi) is 4.46. The van der Waals surface area contributed by atoms with Gasteiger partial charge in [-0.15, -0.1) is 0 Å². The van der Waals surface area contributed by atoms with Gasteiger partial charge in [0.15, 0.2) is 11.5 Å². The van der Waals surface area contributed by atoms with Crippen LogP contribution < -0.4 is 4.74 Å². The van der Waals surface area contributed by atoms with Crippen LogP contribution in [0.2, 0.25) is 0 Å². The van der Waals surface area contributed by atoms with E-state index in [4.69, 9.17) is 4.74 Å². The molecule has 0 spiro atoms. The molecule has 1 saturated carbocycles. The summed E-state index contributed by atoms with van der Waals surface area (Å²) < 4.78 is 4.99. The highest BCUT2D eigenvalue weighted by molar-refractivity contribution is 6.15. The molecule has 1 aliphatic heterocycles. The Labute approximate surface area is 140 Å². The molecular weight excluding hydrogens is 310 g/mol. The minimum Gasteiger partial charge on any atom is -0.504 e. The van der Waals surface area contributed by atoms with Crippen LogP contribution in [0.15, 0.2) is 17.7 Å². The summed E-state index contributed by atoms with van der Waals surface area (Å²) in [6.07, 6.45) is 6.64. The molecule has 6 nitrogen and oxygen atoms in total. The smallest absolute Gasteiger partial charge is 0.257 e. The molecule has 1 saturated heterocycles. The Morgan fingerprint density at radius 2 is 1.88 bits per heavy atom. The molecule has 1 heterocycles. The second-order valence-electron chi connectivity index (χ2n) is 6.30. The van der Waals surface area contributed by atoms with Gasteiger partial charge in [-0.3, -0.25) is 14.5 Å². The zero-order valence-electron chi connectivity index (χ0n) is 13.6. The normalized spacial score (nSPS) is 20.9. The Morgan fingerprint density at radius 1 is 1.17 bits per heavy atom. The SMILES string of the molecule is COc1cc(/C=C2\CC(=O)N(C3CCCCC3)C2=O)cc(O)c1O. The lowest BCUT2D eigenvalue weighted by Crippen LogP contribution is -2.40. The van der Waals surface area contributed by atoms with Gasteiger partial charge in [-0.25, -0.2) is 0 Å². The molecule has 2 aliphatic rings. The maximum absolute atomic E-state index is 12.6. The second kappa shape index (κ2) is 6.55. The lowest BCUT2D eigenvalue weighted by molar-refractivity contribution is -0.141. The standard InChI is InChI=1S/C18H21NO5/c1-24-15-9-11(8-14(20)17(15)22)7-12-10-16(21)19(18(12)23)13-5-3-2-4-6-13/h7-9,13,20,22H,2-6,10H2,1H3/b12-7+. The van der Waals surface area contributed by atoms with Crippen molar-refractivity contribution in [2.45, 2.75) is 44.6 Å². The average molecular weight is 331 g/mol. The summed E-state index contributed by atoms with van der Waals surface area (Å²) in [6, 6.07) is 2.86. The van der Waals surface area contributed by atoms with Gasteiger partial charge in [-0.1, -0.05) is 19.3 Å². The number of likely N-dealkylation sites (tertiary alicyclic amines) is 1. The van der Waals surface area contributed by atoms with E-state index in [1.54, 1.807) is 6.08 Å². The Hall–Kier alpha value is -2.50. The molecule has 1 aliphatic carbocycles. The molecule has 0 bridgehead atoms. The highest BCUT2D eigenvalue weighted by atomic mass is 16.5. The molecule has 128 valence electrons. The van der Waals surface area contributed by atoms with Gasteiger partial charge < -0.3 is 14.9 Å². The monoisotopic (exact) mass is 331 g/mol. The van der Waals surface area contributed by atoms with E-state index in [2.05, 4.69) is 0 Å². The molecule has 1 aromatic rings. The predicted molar refractivity (Wildman–Crippen MR) is 87.6 cm³/mol. The minimum absolute atomic E-state index is 0.00686. The summed E-state index contributed by atoms with van der Waals surface area (Å²) in [6.45, 7) is 0. The van der Waals surface area contributed by atoms with E-state index >= 15 is 0 Å². The number of methoxy groups -OCH3 is 1. The number of carbonyl (C=O) groups is 2. The molecule has 6 heteroatoms. The number of rotatable bonds is 3. The largest absolute Gasteiger partial charge is 0.504 e. The number of aromatic hydroxyl groups is 2. The van der Waals surface area contributed by atoms with Crippen molar-refractivity contribution in [1.82, 2.24) is 4.90 Å². The van der Waals surface area contributed by atoms with Gasteiger partial charge in [-0.2, -0.15) is 0 Å². The summed E-state index contributed by atoms with van der Waals surface area (Å²) in [5.41, 5.74) is 0.904. The Balaban J connectivity index is 1.87. The van der Waals surface area contributed by atoms with Gasteiger partial charge in [0.2, 0.25) is 11.7 Å². The van der Waals surface area contributed by atoms with Crippen LogP contribution in [0.1, 0.15) is 44.1 Å². The van der Waals surface area contributed by atoms with Crippen molar-refractivity contribution in [3.8, 4) is 17.2 Å². The van der Waals surface area contributed by atoms with Crippen molar-refractivity contribution in [1.29, 1.82) is 0 Å². The Morgan fingerprint density at radius 3 is 2.54 bits per heavy atom. The lowest BCUT2D eigenvalue weighted by Gasteiger charge is -2.29. The van der Waals surface area contributed by atoms with Gasteiger partial charge in [0.05, 0.1) is 13.5 Å². The van der Waals surface area contributed by atoms with Crippen molar-refractivity contribution in [2.24, 2.45) is 0 Å². The van der Waals surface area contributed by atoms with Gasteiger partial charge in [0.1, 0.15) is 0 Å². The van der Waals surface area contributed by atoms with Gasteiger partial charge in [0, 0.05) is 11.6 Å². The van der Waals surface area contributed by atoms with Crippen molar-refractivity contribution in [2.75, 3.05) is 7.11 Å². The van der Waals surface area contributed by atoms with Crippen LogP contribution in [0.3, 0.4) is 0 Å². The fraction of sp³-hybridized carbons (Fsp3) is 0.444. The van der Waals surface area contributed by atoms with E-state index in [1.165, 1.54) is 24.1 Å². The number of benzene rings is 1. The van der Waals surface area contributed by atoms with Crippen molar-refractivity contribution >= 4 is 17.9 Å². The van der Waals surface area contributed by atoms with Crippen molar-refractivity contribution in [3.05, 3.63) is 23.3 Å². The second-order valence-corrected chi connectivity index (χ2v) is 6.30. The number of phenolic OH excluding ortho intramolecular Hbond substituents is 2. The summed E-state index contributed by atoms with van der Waals surface area (Å²) in [4.78, 5) is 26.3. The van der Waals surface area contributed by atoms with Crippen LogP contribution in [-0.4, -0.2) is 40.1 Å². The summed E-state index contributed by atoms with van der Waals surface area (Å²) >= 11 is 0. The molecule has 24 heavy (non-hydrogen) atoms. The van der Waals surface area contributed by atoms with Crippen LogP contribution in [0.5, 0.6) is 17.2 Å². The number of hydrogen-bond acceptors (Lipinski definition) is 5. The van der Waals surface area contributed by atoms with Crippen LogP contribution in [-0.2, 0) is 9.59 Å². The summed E-state index contributed by atoms with van der Waals surface area (Å²) in [7, 11) is 1.38. The van der Waals surface area contributed by atoms with Gasteiger partial charge in [-0.05, 0) is 36.6 Å². The molecule has 0 radical (unpaired) electrons. The van der Waals surface area contributed by atoms with E-state index in [1.807, 2.05) is 0 Å². The predicted octanol–water partition coefficient (Wildman–Crippen LogP) is 2.58. The number of phenols is 2. The fourth-order valence-corrected chi connectivity index (χ4v) is 3.47. The highest BCUT2D eigenvalue weighted by Crippen LogP contribution is 2.37. The third-order valence-corrected chi connectivity index (χ3v) is 4.68. The molecule has 0 unspecified atom stereocenters. The third kappa shape index (κ3) is 2.96. The summed E-state index contributed by atoms with van der Waals surface area (Å²) in [5, 5.41) is 19.4. The van der Waals surface area contributed by atoms with E-state index < -0.39 is 0 Å². The number of carbonyl (C=O) groups excluding carboxylic acids is 2. The summed E-state index contributed by atoms with van der Waals surface area (Å²) in [5.74, 6) is -0.978. The number of amides is 2. The fourth-order valence-electron chi connectivity index (χ4n) is 3.47. The van der Waals surface area contributed by atoms with Crippen LogP contribution in [0.4, 0.5) is 0 Å². The minimum atomic E-state index is -0.350. The number of ether oxygens (including phenoxy) is 1. The van der Waals surface area contributed by atoms with E-state index in [9.17, 15) is 19.8 Å². The third-order valence-electron chi connectivity index (χ3n) is 4.68. The Bertz CT molecular complexity index is 704. The average Bonchev–Trinajstić information content (AvgIpc) is 2.85. The van der Waals surface area contributed by atoms with E-state index in [0.29, 0.717) is 11.1 Å². The first-order valence-corrected chi connectivity index (χ1v) is 8.18. The first-order valence-electron chi connectivity index (χ1n) is 8.18. The van der Waals surface area contributed by atoms with Gasteiger partial charge in [0.25, 0.3) is 5.91 Å². The maximum atomic E-state index is 12.6. The molecule has 1 aromatic carbocycles. The first-order chi connectivity index (χ1) is 11.5. The number of nitrogens with zero attached hydrogens (tertiary/aromatic N) is 1. The van der Waals surface area contributed by atoms with Crippen LogP contribution >= 0.6 is 0 Å². The van der Waals surface area contributed by atoms with Gasteiger partial charge >= 0.3 is 0 Å². The van der Waals surface area contributed by atoms with Crippen LogP contribution in [0.25, 0.3) is 6.08 Å². The maximum Gasteiger partial charge on any atom is 0.257 e. The molecule has 0 atom stereocenters. The molecule has 2 amide bonds. The zero-order chi connectivity index (χ0) is 17.3. The zero-order valence-corrected chi connectivity index (χ0v) is 13.6. The lowest BCUT2D eigenvalue weighted by atomic mass is 9.94. The first kappa shape index (κ1) is 16.4.